The zero-order valence-corrected chi connectivity index (χ0v) is 10.6. The molecule has 0 rings (SSSR count). The highest BCUT2D eigenvalue weighted by Gasteiger charge is 2.07. The first-order chi connectivity index (χ1) is 7.10. The van der Waals surface area contributed by atoms with Crippen LogP contribution in [0, 0.1) is 5.92 Å². The predicted molar refractivity (Wildman–Crippen MR) is 64.0 cm³/mol. The molecule has 0 bridgehead atoms. The molecular formula is C12H27NO2. The maximum absolute atomic E-state index is 9.57. The van der Waals surface area contributed by atoms with Gasteiger partial charge in [0.25, 0.3) is 0 Å². The molecule has 0 aliphatic rings. The zero-order chi connectivity index (χ0) is 11.7. The van der Waals surface area contributed by atoms with Gasteiger partial charge in [-0.2, -0.15) is 0 Å². The lowest BCUT2D eigenvalue weighted by Crippen LogP contribution is -2.33. The van der Waals surface area contributed by atoms with Crippen LogP contribution in [0.1, 0.15) is 40.5 Å². The van der Waals surface area contributed by atoms with E-state index in [9.17, 15) is 5.11 Å². The van der Waals surface area contributed by atoms with Crippen LogP contribution >= 0.6 is 0 Å². The van der Waals surface area contributed by atoms with Crippen molar-refractivity contribution in [2.75, 3.05) is 19.7 Å². The number of hydrogen-bond donors (Lipinski definition) is 2. The third kappa shape index (κ3) is 8.85. The van der Waals surface area contributed by atoms with Crippen molar-refractivity contribution in [2.45, 2.75) is 52.7 Å². The van der Waals surface area contributed by atoms with Gasteiger partial charge in [0.2, 0.25) is 0 Å². The largest absolute Gasteiger partial charge is 0.389 e. The standard InChI is InChI=1S/C12H27NO2/c1-5-11(6-2)7-13-8-12(14)9-15-10(3)4/h10-14H,5-9H2,1-4H3. The Balaban J connectivity index is 3.41. The molecular weight excluding hydrogens is 190 g/mol. The van der Waals surface area contributed by atoms with E-state index in [2.05, 4.69) is 19.2 Å². The monoisotopic (exact) mass is 217 g/mol. The average molecular weight is 217 g/mol. The Bertz CT molecular complexity index is 136. The van der Waals surface area contributed by atoms with E-state index in [1.165, 1.54) is 12.8 Å². The summed E-state index contributed by atoms with van der Waals surface area (Å²) in [7, 11) is 0. The van der Waals surface area contributed by atoms with E-state index in [1.54, 1.807) is 0 Å². The highest BCUT2D eigenvalue weighted by Crippen LogP contribution is 2.04. The molecule has 0 fully saturated rings. The molecule has 0 aromatic carbocycles. The molecule has 0 aromatic heterocycles. The first kappa shape index (κ1) is 14.9. The molecule has 0 aliphatic heterocycles. The van der Waals surface area contributed by atoms with Gasteiger partial charge in [-0.25, -0.2) is 0 Å². The second-order valence-corrected chi connectivity index (χ2v) is 4.38. The fourth-order valence-corrected chi connectivity index (χ4v) is 1.39. The summed E-state index contributed by atoms with van der Waals surface area (Å²) in [4.78, 5) is 0. The van der Waals surface area contributed by atoms with Crippen molar-refractivity contribution in [2.24, 2.45) is 5.92 Å². The van der Waals surface area contributed by atoms with Gasteiger partial charge >= 0.3 is 0 Å². The van der Waals surface area contributed by atoms with Crippen molar-refractivity contribution < 1.29 is 9.84 Å². The summed E-state index contributed by atoms with van der Waals surface area (Å²) in [6.45, 7) is 10.4. The van der Waals surface area contributed by atoms with Crippen molar-refractivity contribution >= 4 is 0 Å². The number of ether oxygens (including phenoxy) is 1. The molecule has 0 heterocycles. The molecule has 15 heavy (non-hydrogen) atoms. The van der Waals surface area contributed by atoms with Crippen LogP contribution in [0.15, 0.2) is 0 Å². The molecule has 1 atom stereocenters. The molecule has 0 saturated carbocycles. The number of aliphatic hydroxyl groups excluding tert-OH is 1. The highest BCUT2D eigenvalue weighted by molar-refractivity contribution is 4.63. The lowest BCUT2D eigenvalue weighted by Gasteiger charge is -2.17. The molecule has 2 N–H and O–H groups in total. The van der Waals surface area contributed by atoms with E-state index in [1.807, 2.05) is 13.8 Å². The lowest BCUT2D eigenvalue weighted by molar-refractivity contribution is 0.00613. The second-order valence-electron chi connectivity index (χ2n) is 4.38. The van der Waals surface area contributed by atoms with E-state index in [4.69, 9.17) is 4.74 Å². The Hall–Kier alpha value is -0.120. The van der Waals surface area contributed by atoms with Gasteiger partial charge in [-0.3, -0.25) is 0 Å². The van der Waals surface area contributed by atoms with Crippen LogP contribution in [-0.4, -0.2) is 37.0 Å². The summed E-state index contributed by atoms with van der Waals surface area (Å²) in [6.07, 6.45) is 2.20. The zero-order valence-electron chi connectivity index (χ0n) is 10.6. The lowest BCUT2D eigenvalue weighted by atomic mass is 10.0. The van der Waals surface area contributed by atoms with Crippen LogP contribution in [0.2, 0.25) is 0 Å². The van der Waals surface area contributed by atoms with E-state index in [0.717, 1.165) is 12.5 Å². The highest BCUT2D eigenvalue weighted by atomic mass is 16.5. The van der Waals surface area contributed by atoms with E-state index >= 15 is 0 Å². The Morgan fingerprint density at radius 2 is 1.73 bits per heavy atom. The summed E-state index contributed by atoms with van der Waals surface area (Å²) >= 11 is 0. The number of hydrogen-bond acceptors (Lipinski definition) is 3. The molecule has 3 nitrogen and oxygen atoms in total. The Morgan fingerprint density at radius 1 is 1.13 bits per heavy atom. The van der Waals surface area contributed by atoms with Crippen molar-refractivity contribution in [3.8, 4) is 0 Å². The number of rotatable bonds is 9. The van der Waals surface area contributed by atoms with Gasteiger partial charge in [0.1, 0.15) is 0 Å². The Kier molecular flexibility index (Phi) is 9.06. The minimum Gasteiger partial charge on any atom is -0.389 e. The summed E-state index contributed by atoms with van der Waals surface area (Å²) in [5.74, 6) is 0.725. The van der Waals surface area contributed by atoms with Crippen molar-refractivity contribution in [1.82, 2.24) is 5.32 Å². The molecule has 3 heteroatoms. The molecule has 92 valence electrons. The van der Waals surface area contributed by atoms with Crippen LogP contribution in [0.5, 0.6) is 0 Å². The SMILES string of the molecule is CCC(CC)CNCC(O)COC(C)C. The van der Waals surface area contributed by atoms with Crippen molar-refractivity contribution in [3.05, 3.63) is 0 Å². The third-order valence-corrected chi connectivity index (χ3v) is 2.59. The van der Waals surface area contributed by atoms with Gasteiger partial charge in [-0.1, -0.05) is 26.7 Å². The van der Waals surface area contributed by atoms with Gasteiger partial charge < -0.3 is 15.2 Å². The first-order valence-electron chi connectivity index (χ1n) is 6.10. The summed E-state index contributed by atoms with van der Waals surface area (Å²) in [5, 5.41) is 12.8. The van der Waals surface area contributed by atoms with E-state index in [-0.39, 0.29) is 12.2 Å². The minimum absolute atomic E-state index is 0.193. The number of aliphatic hydroxyl groups is 1. The normalized spacial score (nSPS) is 13.8. The summed E-state index contributed by atoms with van der Waals surface area (Å²) in [6, 6.07) is 0. The molecule has 0 aliphatic carbocycles. The Morgan fingerprint density at radius 3 is 2.20 bits per heavy atom. The fraction of sp³-hybridized carbons (Fsp3) is 1.00. The fourth-order valence-electron chi connectivity index (χ4n) is 1.39. The quantitative estimate of drug-likeness (QED) is 0.619. The van der Waals surface area contributed by atoms with E-state index in [0.29, 0.717) is 13.2 Å². The van der Waals surface area contributed by atoms with Gasteiger partial charge in [-0.15, -0.1) is 0 Å². The van der Waals surface area contributed by atoms with Gasteiger partial charge in [0.15, 0.2) is 0 Å². The molecule has 0 spiro atoms. The van der Waals surface area contributed by atoms with Crippen molar-refractivity contribution in [1.29, 1.82) is 0 Å². The minimum atomic E-state index is -0.387. The molecule has 0 amide bonds. The predicted octanol–water partition coefficient (Wildman–Crippen LogP) is 1.80. The topological polar surface area (TPSA) is 41.5 Å². The third-order valence-electron chi connectivity index (χ3n) is 2.59. The summed E-state index contributed by atoms with van der Waals surface area (Å²) < 4.78 is 5.32. The summed E-state index contributed by atoms with van der Waals surface area (Å²) in [5.41, 5.74) is 0. The maximum Gasteiger partial charge on any atom is 0.0897 e. The second kappa shape index (κ2) is 9.13. The van der Waals surface area contributed by atoms with Crippen LogP contribution < -0.4 is 5.32 Å². The van der Waals surface area contributed by atoms with Crippen molar-refractivity contribution in [3.63, 3.8) is 0 Å². The van der Waals surface area contributed by atoms with E-state index < -0.39 is 0 Å². The van der Waals surface area contributed by atoms with Crippen LogP contribution in [0.4, 0.5) is 0 Å². The molecule has 1 unspecified atom stereocenters. The van der Waals surface area contributed by atoms with Crippen LogP contribution in [-0.2, 0) is 4.74 Å². The first-order valence-corrected chi connectivity index (χ1v) is 6.10. The Labute approximate surface area is 94.2 Å². The number of nitrogens with one attached hydrogen (secondary N) is 1. The molecule has 0 radical (unpaired) electrons. The van der Waals surface area contributed by atoms with Gasteiger partial charge in [-0.05, 0) is 26.3 Å². The maximum atomic E-state index is 9.57. The van der Waals surface area contributed by atoms with Gasteiger partial charge in [0.05, 0.1) is 18.8 Å². The average Bonchev–Trinajstić information content (AvgIpc) is 2.21. The van der Waals surface area contributed by atoms with Crippen LogP contribution in [0.3, 0.4) is 0 Å². The molecule has 0 saturated heterocycles. The molecule has 0 aromatic rings. The van der Waals surface area contributed by atoms with Crippen LogP contribution in [0.25, 0.3) is 0 Å². The van der Waals surface area contributed by atoms with Gasteiger partial charge in [0, 0.05) is 6.54 Å². The smallest absolute Gasteiger partial charge is 0.0897 e.